The highest BCUT2D eigenvalue weighted by atomic mass is 32.9. The average Bonchev–Trinajstić information content (AvgIpc) is 3.00. The molecule has 0 saturated carbocycles. The van der Waals surface area contributed by atoms with Crippen LogP contribution in [0.2, 0.25) is 0 Å². The van der Waals surface area contributed by atoms with Gasteiger partial charge in [0.15, 0.2) is 0 Å². The summed E-state index contributed by atoms with van der Waals surface area (Å²) in [5.74, 6) is 0. The van der Waals surface area contributed by atoms with Crippen LogP contribution in [0.4, 0.5) is 11.4 Å². The van der Waals surface area contributed by atoms with Gasteiger partial charge in [0.1, 0.15) is 4.67 Å². The quantitative estimate of drug-likeness (QED) is 0.609. The SMILES string of the molecule is Cc1ccc2c(c1)-c1c(ssc1=Nc1ccc(S(N)(=O)=O)cc1)C(C)(C)N2. The molecule has 0 unspecified atom stereocenters. The Morgan fingerprint density at radius 1 is 1.07 bits per heavy atom. The van der Waals surface area contributed by atoms with Gasteiger partial charge in [0.2, 0.25) is 10.0 Å². The molecule has 5 nitrogen and oxygen atoms in total. The van der Waals surface area contributed by atoms with Crippen molar-refractivity contribution in [1.29, 1.82) is 0 Å². The molecular weight excluding hydrogens is 398 g/mol. The highest BCUT2D eigenvalue weighted by Gasteiger charge is 2.33. The molecule has 3 N–H and O–H groups in total. The summed E-state index contributed by atoms with van der Waals surface area (Å²) < 4.78 is 23.8. The largest absolute Gasteiger partial charge is 0.375 e. The number of hydrogen-bond acceptors (Lipinski definition) is 6. The number of aryl methyl sites for hydroxylation is 1. The Kier molecular flexibility index (Phi) is 4.27. The van der Waals surface area contributed by atoms with Crippen LogP contribution >= 0.6 is 20.7 Å². The van der Waals surface area contributed by atoms with Crippen LogP contribution in [-0.4, -0.2) is 8.42 Å². The van der Waals surface area contributed by atoms with E-state index in [4.69, 9.17) is 10.1 Å². The van der Waals surface area contributed by atoms with Gasteiger partial charge >= 0.3 is 0 Å². The first-order valence-electron chi connectivity index (χ1n) is 8.35. The lowest BCUT2D eigenvalue weighted by atomic mass is 9.89. The number of nitrogens with one attached hydrogen (secondary N) is 1. The van der Waals surface area contributed by atoms with E-state index in [0.29, 0.717) is 5.69 Å². The number of fused-ring (bicyclic) bond motifs is 3. The molecule has 0 saturated heterocycles. The molecule has 0 fully saturated rings. The van der Waals surface area contributed by atoms with E-state index in [2.05, 4.69) is 44.3 Å². The molecule has 2 aromatic carbocycles. The van der Waals surface area contributed by atoms with Gasteiger partial charge in [0, 0.05) is 16.8 Å². The Balaban J connectivity index is 1.90. The topological polar surface area (TPSA) is 84.5 Å². The molecular formula is C19H19N3O2S3. The number of sulfonamides is 1. The van der Waals surface area contributed by atoms with Gasteiger partial charge < -0.3 is 5.32 Å². The zero-order chi connectivity index (χ0) is 19.4. The van der Waals surface area contributed by atoms with Gasteiger partial charge in [0.05, 0.1) is 21.0 Å². The summed E-state index contributed by atoms with van der Waals surface area (Å²) in [6.45, 7) is 6.42. The monoisotopic (exact) mass is 417 g/mol. The van der Waals surface area contributed by atoms with Crippen LogP contribution in [0.1, 0.15) is 24.3 Å². The molecule has 8 heteroatoms. The number of nitrogens with zero attached hydrogens (tertiary/aromatic N) is 1. The third-order valence-electron chi connectivity index (χ3n) is 4.50. The fraction of sp³-hybridized carbons (Fsp3) is 0.211. The van der Waals surface area contributed by atoms with Crippen LogP contribution in [0.3, 0.4) is 0 Å². The fourth-order valence-electron chi connectivity index (χ4n) is 3.19. The van der Waals surface area contributed by atoms with E-state index in [-0.39, 0.29) is 10.4 Å². The number of primary sulfonamides is 1. The van der Waals surface area contributed by atoms with Gasteiger partial charge in [-0.15, -0.1) is 0 Å². The van der Waals surface area contributed by atoms with Crippen molar-refractivity contribution in [2.24, 2.45) is 10.1 Å². The predicted octanol–water partition coefficient (Wildman–Crippen LogP) is 4.33. The summed E-state index contributed by atoms with van der Waals surface area (Å²) in [6.07, 6.45) is 0. The maximum Gasteiger partial charge on any atom is 0.238 e. The third kappa shape index (κ3) is 3.34. The normalized spacial score (nSPS) is 15.8. The second-order valence-electron chi connectivity index (χ2n) is 7.13. The van der Waals surface area contributed by atoms with E-state index in [9.17, 15) is 8.42 Å². The molecule has 140 valence electrons. The van der Waals surface area contributed by atoms with Crippen molar-refractivity contribution in [1.82, 2.24) is 0 Å². The molecule has 0 atom stereocenters. The van der Waals surface area contributed by atoms with Gasteiger partial charge in [0.25, 0.3) is 0 Å². The number of nitrogens with two attached hydrogens (primary N) is 1. The van der Waals surface area contributed by atoms with Crippen molar-refractivity contribution in [3.63, 3.8) is 0 Å². The minimum atomic E-state index is -3.70. The molecule has 1 aliphatic rings. The Labute approximate surface area is 165 Å². The predicted molar refractivity (Wildman–Crippen MR) is 112 cm³/mol. The van der Waals surface area contributed by atoms with Crippen LogP contribution in [-0.2, 0) is 15.6 Å². The van der Waals surface area contributed by atoms with Crippen LogP contribution in [0.25, 0.3) is 11.1 Å². The molecule has 4 rings (SSSR count). The zero-order valence-electron chi connectivity index (χ0n) is 15.1. The molecule has 0 radical (unpaired) electrons. The first-order chi connectivity index (χ1) is 12.6. The van der Waals surface area contributed by atoms with E-state index in [0.717, 1.165) is 21.5 Å². The summed E-state index contributed by atoms with van der Waals surface area (Å²) in [7, 11) is -0.343. The minimum Gasteiger partial charge on any atom is -0.375 e. The maximum atomic E-state index is 11.4. The van der Waals surface area contributed by atoms with Gasteiger partial charge in [-0.3, -0.25) is 0 Å². The number of rotatable bonds is 2. The van der Waals surface area contributed by atoms with Crippen LogP contribution in [0.5, 0.6) is 0 Å². The fourth-order valence-corrected chi connectivity index (χ4v) is 6.64. The molecule has 3 aromatic rings. The van der Waals surface area contributed by atoms with Gasteiger partial charge in [-0.2, -0.15) is 0 Å². The number of anilines is 1. The van der Waals surface area contributed by atoms with E-state index in [1.54, 1.807) is 32.8 Å². The zero-order valence-corrected chi connectivity index (χ0v) is 17.6. The number of benzene rings is 2. The van der Waals surface area contributed by atoms with Crippen molar-refractivity contribution >= 4 is 42.1 Å². The molecule has 0 aliphatic carbocycles. The Morgan fingerprint density at radius 3 is 2.44 bits per heavy atom. The van der Waals surface area contributed by atoms with Crippen molar-refractivity contribution in [3.8, 4) is 11.1 Å². The first-order valence-corrected chi connectivity index (χ1v) is 12.1. The second-order valence-corrected chi connectivity index (χ2v) is 10.8. The van der Waals surface area contributed by atoms with Gasteiger partial charge in [-0.25, -0.2) is 18.5 Å². The average molecular weight is 418 g/mol. The molecule has 2 heterocycles. The summed E-state index contributed by atoms with van der Waals surface area (Å²) >= 11 is 0. The van der Waals surface area contributed by atoms with Gasteiger partial charge in [-0.1, -0.05) is 32.3 Å². The van der Waals surface area contributed by atoms with Gasteiger partial charge in [-0.05, 0) is 57.2 Å². The third-order valence-corrected chi connectivity index (χ3v) is 8.07. The highest BCUT2D eigenvalue weighted by Crippen LogP contribution is 2.45. The molecule has 1 aliphatic heterocycles. The van der Waals surface area contributed by atoms with E-state index in [1.165, 1.54) is 22.6 Å². The summed E-state index contributed by atoms with van der Waals surface area (Å²) in [5, 5.41) is 8.79. The Bertz CT molecular complexity index is 1200. The lowest BCUT2D eigenvalue weighted by Gasteiger charge is -2.33. The summed E-state index contributed by atoms with van der Waals surface area (Å²) in [4.78, 5) is 6.14. The number of hydrogen-bond donors (Lipinski definition) is 2. The Morgan fingerprint density at radius 2 is 1.78 bits per heavy atom. The maximum absolute atomic E-state index is 11.4. The van der Waals surface area contributed by atoms with Crippen molar-refractivity contribution in [2.45, 2.75) is 31.2 Å². The van der Waals surface area contributed by atoms with Crippen LogP contribution in [0, 0.1) is 6.92 Å². The minimum absolute atomic E-state index is 0.0868. The Hall–Kier alpha value is -2.00. The molecule has 27 heavy (non-hydrogen) atoms. The molecule has 1 aromatic heterocycles. The van der Waals surface area contributed by atoms with E-state index < -0.39 is 10.0 Å². The van der Waals surface area contributed by atoms with E-state index >= 15 is 0 Å². The molecule has 0 bridgehead atoms. The van der Waals surface area contributed by atoms with Crippen molar-refractivity contribution in [2.75, 3.05) is 5.32 Å². The molecule has 0 amide bonds. The molecule has 0 spiro atoms. The smallest absolute Gasteiger partial charge is 0.238 e. The summed E-state index contributed by atoms with van der Waals surface area (Å²) in [6, 6.07) is 12.7. The van der Waals surface area contributed by atoms with E-state index in [1.807, 2.05) is 0 Å². The highest BCUT2D eigenvalue weighted by molar-refractivity contribution is 7.89. The second kappa shape index (κ2) is 6.27. The lowest BCUT2D eigenvalue weighted by molar-refractivity contribution is 0.598. The van der Waals surface area contributed by atoms with Crippen molar-refractivity contribution in [3.05, 3.63) is 57.6 Å². The van der Waals surface area contributed by atoms with Crippen LogP contribution < -0.4 is 15.1 Å². The van der Waals surface area contributed by atoms with Crippen molar-refractivity contribution < 1.29 is 8.42 Å². The summed E-state index contributed by atoms with van der Waals surface area (Å²) in [5.41, 5.74) is 5.13. The first kappa shape index (κ1) is 18.4. The van der Waals surface area contributed by atoms with Crippen LogP contribution in [0.15, 0.2) is 52.4 Å². The lowest BCUT2D eigenvalue weighted by Crippen LogP contribution is -2.31. The standard InChI is InChI=1S/C19H19N3O2S3/c1-11-4-9-15-14(10-11)16-17(19(2,3)22-15)25-26-18(16)21-12-5-7-13(8-6-12)27(20,23)24/h4-10,22H,1-3H3,(H2,20,23,24).